The third kappa shape index (κ3) is 1.43. The largest absolute Gasteiger partial charge is 0.361 e. The second-order valence-electron chi connectivity index (χ2n) is 4.13. The number of rotatable bonds is 2. The quantitative estimate of drug-likeness (QED) is 0.735. The van der Waals surface area contributed by atoms with Gasteiger partial charge in [0.1, 0.15) is 0 Å². The van der Waals surface area contributed by atoms with Gasteiger partial charge < -0.3 is 4.98 Å². The Morgan fingerprint density at radius 2 is 2.07 bits per heavy atom. The van der Waals surface area contributed by atoms with E-state index in [1.165, 1.54) is 22.0 Å². The van der Waals surface area contributed by atoms with Crippen LogP contribution in [0.25, 0.3) is 10.9 Å². The normalized spacial score (nSPS) is 11.4. The zero-order chi connectivity index (χ0) is 10.1. The first kappa shape index (κ1) is 9.32. The van der Waals surface area contributed by atoms with Crippen molar-refractivity contribution < 1.29 is 0 Å². The topological polar surface area (TPSA) is 15.8 Å². The molecule has 1 N–H and O–H groups in total. The van der Waals surface area contributed by atoms with Crippen molar-refractivity contribution in [3.8, 4) is 0 Å². The van der Waals surface area contributed by atoms with Gasteiger partial charge in [-0.15, -0.1) is 0 Å². The first-order valence-electron chi connectivity index (χ1n) is 5.32. The molecule has 0 radical (unpaired) electrons. The van der Waals surface area contributed by atoms with Crippen molar-refractivity contribution in [1.82, 2.24) is 4.98 Å². The van der Waals surface area contributed by atoms with Crippen molar-refractivity contribution in [2.24, 2.45) is 0 Å². The van der Waals surface area contributed by atoms with E-state index >= 15 is 0 Å². The predicted octanol–water partition coefficient (Wildman–Crippen LogP) is 3.85. The SMILES string of the molecule is CCc1cc(C(C)C)cc2[nH]ccc12. The number of aryl methyl sites for hydroxylation is 1. The molecule has 14 heavy (non-hydrogen) atoms. The van der Waals surface area contributed by atoms with E-state index in [0.717, 1.165) is 6.42 Å². The van der Waals surface area contributed by atoms with E-state index < -0.39 is 0 Å². The molecule has 74 valence electrons. The lowest BCUT2D eigenvalue weighted by Gasteiger charge is -2.08. The van der Waals surface area contributed by atoms with E-state index in [2.05, 4.69) is 44.0 Å². The molecule has 2 aromatic rings. The molecule has 0 unspecified atom stereocenters. The molecule has 0 atom stereocenters. The summed E-state index contributed by atoms with van der Waals surface area (Å²) in [6.45, 7) is 6.69. The molecule has 0 aliphatic rings. The Kier molecular flexibility index (Phi) is 2.32. The number of aromatic amines is 1. The summed E-state index contributed by atoms with van der Waals surface area (Å²) in [6.07, 6.45) is 3.13. The molecule has 0 amide bonds. The number of benzene rings is 1. The Morgan fingerprint density at radius 1 is 1.29 bits per heavy atom. The van der Waals surface area contributed by atoms with Crippen LogP contribution < -0.4 is 0 Å². The third-order valence-corrected chi connectivity index (χ3v) is 2.82. The summed E-state index contributed by atoms with van der Waals surface area (Å²) >= 11 is 0. The molecule has 0 aliphatic heterocycles. The van der Waals surface area contributed by atoms with Gasteiger partial charge in [-0.1, -0.05) is 26.8 Å². The zero-order valence-corrected chi connectivity index (χ0v) is 9.09. The fraction of sp³-hybridized carbons (Fsp3) is 0.385. The Hall–Kier alpha value is -1.24. The molecule has 1 aromatic heterocycles. The first-order valence-corrected chi connectivity index (χ1v) is 5.32. The zero-order valence-electron chi connectivity index (χ0n) is 9.09. The maximum Gasteiger partial charge on any atom is 0.0459 e. The van der Waals surface area contributed by atoms with E-state index in [0.29, 0.717) is 5.92 Å². The molecule has 0 fully saturated rings. The molecule has 0 saturated heterocycles. The highest BCUT2D eigenvalue weighted by atomic mass is 14.7. The van der Waals surface area contributed by atoms with Crippen LogP contribution in [-0.2, 0) is 6.42 Å². The maximum absolute atomic E-state index is 3.29. The lowest BCUT2D eigenvalue weighted by atomic mass is 9.97. The maximum atomic E-state index is 3.29. The van der Waals surface area contributed by atoms with Gasteiger partial charge in [-0.25, -0.2) is 0 Å². The van der Waals surface area contributed by atoms with Crippen LogP contribution in [-0.4, -0.2) is 4.98 Å². The third-order valence-electron chi connectivity index (χ3n) is 2.82. The molecule has 2 rings (SSSR count). The van der Waals surface area contributed by atoms with Crippen LogP contribution in [0.3, 0.4) is 0 Å². The summed E-state index contributed by atoms with van der Waals surface area (Å²) in [5.74, 6) is 0.605. The summed E-state index contributed by atoms with van der Waals surface area (Å²) in [5.41, 5.74) is 4.15. The van der Waals surface area contributed by atoms with E-state index in [9.17, 15) is 0 Å². The highest BCUT2D eigenvalue weighted by Gasteiger charge is 2.05. The highest BCUT2D eigenvalue weighted by molar-refractivity contribution is 5.83. The van der Waals surface area contributed by atoms with Crippen molar-refractivity contribution in [3.63, 3.8) is 0 Å². The van der Waals surface area contributed by atoms with Crippen LogP contribution in [0.15, 0.2) is 24.4 Å². The Balaban J connectivity index is 2.67. The molecule has 0 saturated carbocycles. The highest BCUT2D eigenvalue weighted by Crippen LogP contribution is 2.24. The van der Waals surface area contributed by atoms with Crippen LogP contribution >= 0.6 is 0 Å². The van der Waals surface area contributed by atoms with Gasteiger partial charge in [0.15, 0.2) is 0 Å². The Morgan fingerprint density at radius 3 is 2.71 bits per heavy atom. The molecule has 0 aliphatic carbocycles. The minimum atomic E-state index is 0.605. The van der Waals surface area contributed by atoms with Crippen molar-refractivity contribution in [3.05, 3.63) is 35.5 Å². The number of aromatic nitrogens is 1. The van der Waals surface area contributed by atoms with Crippen molar-refractivity contribution in [1.29, 1.82) is 0 Å². The summed E-state index contributed by atoms with van der Waals surface area (Å²) in [4.78, 5) is 3.29. The second-order valence-corrected chi connectivity index (χ2v) is 4.13. The van der Waals surface area contributed by atoms with Crippen LogP contribution in [0.1, 0.15) is 37.8 Å². The fourth-order valence-corrected chi connectivity index (χ4v) is 1.89. The van der Waals surface area contributed by atoms with Gasteiger partial charge in [-0.3, -0.25) is 0 Å². The van der Waals surface area contributed by atoms with E-state index in [4.69, 9.17) is 0 Å². The Bertz CT molecular complexity index is 437. The van der Waals surface area contributed by atoms with Crippen molar-refractivity contribution >= 4 is 10.9 Å². The van der Waals surface area contributed by atoms with Crippen LogP contribution in [0.5, 0.6) is 0 Å². The summed E-state index contributed by atoms with van der Waals surface area (Å²) in [5, 5.41) is 1.37. The fourth-order valence-electron chi connectivity index (χ4n) is 1.89. The molecule has 1 heteroatoms. The van der Waals surface area contributed by atoms with Crippen LogP contribution in [0, 0.1) is 0 Å². The second kappa shape index (κ2) is 3.49. The average molecular weight is 187 g/mol. The van der Waals surface area contributed by atoms with Gasteiger partial charge in [0.05, 0.1) is 0 Å². The summed E-state index contributed by atoms with van der Waals surface area (Å²) in [7, 11) is 0. The van der Waals surface area contributed by atoms with Gasteiger partial charge in [-0.05, 0) is 35.6 Å². The molecular weight excluding hydrogens is 170 g/mol. The molecule has 1 heterocycles. The molecule has 0 spiro atoms. The van der Waals surface area contributed by atoms with Crippen molar-refractivity contribution in [2.45, 2.75) is 33.1 Å². The number of hydrogen-bond acceptors (Lipinski definition) is 0. The monoisotopic (exact) mass is 187 g/mol. The number of H-pyrrole nitrogens is 1. The van der Waals surface area contributed by atoms with E-state index in [1.807, 2.05) is 6.20 Å². The summed E-state index contributed by atoms with van der Waals surface area (Å²) < 4.78 is 0. The smallest absolute Gasteiger partial charge is 0.0459 e. The molecular formula is C13H17N. The summed E-state index contributed by atoms with van der Waals surface area (Å²) in [6, 6.07) is 6.76. The average Bonchev–Trinajstić information content (AvgIpc) is 2.63. The van der Waals surface area contributed by atoms with E-state index in [1.54, 1.807) is 0 Å². The lowest BCUT2D eigenvalue weighted by Crippen LogP contribution is -1.91. The Labute approximate surface area is 85.1 Å². The molecule has 1 aromatic carbocycles. The van der Waals surface area contributed by atoms with Gasteiger partial charge >= 0.3 is 0 Å². The predicted molar refractivity (Wildman–Crippen MR) is 61.8 cm³/mol. The molecule has 1 nitrogen and oxygen atoms in total. The first-order chi connectivity index (χ1) is 6.72. The van der Waals surface area contributed by atoms with Gasteiger partial charge in [0.25, 0.3) is 0 Å². The lowest BCUT2D eigenvalue weighted by molar-refractivity contribution is 0.865. The number of hydrogen-bond donors (Lipinski definition) is 1. The van der Waals surface area contributed by atoms with Gasteiger partial charge in [-0.2, -0.15) is 0 Å². The van der Waals surface area contributed by atoms with E-state index in [-0.39, 0.29) is 0 Å². The van der Waals surface area contributed by atoms with Gasteiger partial charge in [0.2, 0.25) is 0 Å². The number of nitrogens with one attached hydrogen (secondary N) is 1. The van der Waals surface area contributed by atoms with Crippen molar-refractivity contribution in [2.75, 3.05) is 0 Å². The minimum Gasteiger partial charge on any atom is -0.361 e. The standard InChI is InChI=1S/C13H17N/c1-4-10-7-11(9(2)3)8-13-12(10)5-6-14-13/h5-9,14H,4H2,1-3H3. The van der Waals surface area contributed by atoms with Gasteiger partial charge in [0, 0.05) is 17.1 Å². The van der Waals surface area contributed by atoms with Crippen LogP contribution in [0.4, 0.5) is 0 Å². The van der Waals surface area contributed by atoms with Crippen LogP contribution in [0.2, 0.25) is 0 Å². The minimum absolute atomic E-state index is 0.605. The molecule has 0 bridgehead atoms. The number of fused-ring (bicyclic) bond motifs is 1.